The lowest BCUT2D eigenvalue weighted by Gasteiger charge is -2.19. The largest absolute Gasteiger partial charge is 0.472 e. The number of phosphoric acid groups is 1. The van der Waals surface area contributed by atoms with Crippen LogP contribution in [-0.4, -0.2) is 49.3 Å². The molecule has 0 aromatic heterocycles. The molecule has 0 aliphatic rings. The quantitative estimate of drug-likeness (QED) is 0.0264. The highest BCUT2D eigenvalue weighted by Crippen LogP contribution is 2.43. The number of rotatable bonds is 81. The van der Waals surface area contributed by atoms with E-state index in [4.69, 9.17) is 24.3 Å². The minimum atomic E-state index is -4.39. The fraction of sp³-hybridized carbons (Fsp3) is 0.905. The van der Waals surface area contributed by atoms with Gasteiger partial charge in [-0.2, -0.15) is 0 Å². The number of allylic oxidation sites excluding steroid dienone is 6. The second-order valence-electron chi connectivity index (χ2n) is 28.7. The predicted octanol–water partition coefficient (Wildman–Crippen LogP) is 28.2. The van der Waals surface area contributed by atoms with E-state index in [1.807, 2.05) is 0 Å². The Labute approximate surface area is 585 Å². The Kier molecular flexibility index (Phi) is 78.7. The molecule has 3 N–H and O–H groups in total. The van der Waals surface area contributed by atoms with Crippen LogP contribution in [0.5, 0.6) is 0 Å². The normalized spacial score (nSPS) is 12.9. The van der Waals surface area contributed by atoms with Crippen LogP contribution in [0.15, 0.2) is 36.5 Å². The number of phosphoric ester groups is 1. The Hall–Kier alpha value is -1.77. The number of unbranched alkanes of at least 4 members (excludes halogenated alkanes) is 62. The van der Waals surface area contributed by atoms with Crippen molar-refractivity contribution in [3.63, 3.8) is 0 Å². The number of carbonyl (C=O) groups excluding carboxylic acids is 2. The van der Waals surface area contributed by atoms with Crippen LogP contribution < -0.4 is 5.73 Å². The highest BCUT2D eigenvalue weighted by atomic mass is 31.2. The maximum absolute atomic E-state index is 12.8. The van der Waals surface area contributed by atoms with Crippen LogP contribution in [0.4, 0.5) is 0 Å². The fourth-order valence-corrected chi connectivity index (χ4v) is 13.8. The first-order valence-corrected chi connectivity index (χ1v) is 43.5. The van der Waals surface area contributed by atoms with E-state index < -0.39 is 26.5 Å². The molecule has 0 saturated carbocycles. The highest BCUT2D eigenvalue weighted by molar-refractivity contribution is 7.47. The second kappa shape index (κ2) is 80.2. The minimum absolute atomic E-state index is 0.0563. The molecule has 0 amide bonds. The average molecular weight is 1350 g/mol. The third-order valence-electron chi connectivity index (χ3n) is 19.3. The van der Waals surface area contributed by atoms with E-state index in [0.717, 1.165) is 44.9 Å². The Balaban J connectivity index is 3.72. The zero-order valence-corrected chi connectivity index (χ0v) is 63.9. The van der Waals surface area contributed by atoms with Crippen LogP contribution >= 0.6 is 7.82 Å². The van der Waals surface area contributed by atoms with Gasteiger partial charge in [0.05, 0.1) is 13.2 Å². The van der Waals surface area contributed by atoms with E-state index in [2.05, 4.69) is 50.3 Å². The molecule has 0 aliphatic heterocycles. The van der Waals surface area contributed by atoms with Gasteiger partial charge in [-0.15, -0.1) is 0 Å². The average Bonchev–Trinajstić information content (AvgIpc) is 3.51. The van der Waals surface area contributed by atoms with Gasteiger partial charge >= 0.3 is 19.8 Å². The molecular weight excluding hydrogens is 1180 g/mol. The van der Waals surface area contributed by atoms with E-state index in [-0.39, 0.29) is 38.6 Å². The van der Waals surface area contributed by atoms with Crippen LogP contribution in [0, 0.1) is 0 Å². The molecule has 2 atom stereocenters. The second-order valence-corrected chi connectivity index (χ2v) is 30.2. The Bertz CT molecular complexity index is 1640. The lowest BCUT2D eigenvalue weighted by atomic mass is 10.0. The molecule has 0 aromatic rings. The maximum Gasteiger partial charge on any atom is 0.472 e. The maximum atomic E-state index is 12.8. The number of hydrogen-bond donors (Lipinski definition) is 2. The van der Waals surface area contributed by atoms with Crippen molar-refractivity contribution in [3.05, 3.63) is 36.5 Å². The zero-order valence-electron chi connectivity index (χ0n) is 63.0. The van der Waals surface area contributed by atoms with Crippen LogP contribution in [0.3, 0.4) is 0 Å². The Morgan fingerprint density at radius 1 is 0.319 bits per heavy atom. The number of esters is 2. The van der Waals surface area contributed by atoms with Crippen molar-refractivity contribution in [2.75, 3.05) is 26.4 Å². The molecule has 2 unspecified atom stereocenters. The van der Waals surface area contributed by atoms with E-state index in [9.17, 15) is 19.0 Å². The van der Waals surface area contributed by atoms with Crippen LogP contribution in [0.25, 0.3) is 0 Å². The summed E-state index contributed by atoms with van der Waals surface area (Å²) >= 11 is 0. The molecule has 556 valence electrons. The van der Waals surface area contributed by atoms with Crippen molar-refractivity contribution in [3.8, 4) is 0 Å². The highest BCUT2D eigenvalue weighted by Gasteiger charge is 2.26. The van der Waals surface area contributed by atoms with Crippen LogP contribution in [0.1, 0.15) is 457 Å². The van der Waals surface area contributed by atoms with Gasteiger partial charge in [-0.1, -0.05) is 429 Å². The lowest BCUT2D eigenvalue weighted by molar-refractivity contribution is -0.161. The molecule has 0 bridgehead atoms. The molecule has 0 heterocycles. The van der Waals surface area contributed by atoms with Crippen molar-refractivity contribution in [2.45, 2.75) is 463 Å². The molecule has 0 aromatic carbocycles. The van der Waals surface area contributed by atoms with E-state index in [1.165, 1.54) is 379 Å². The van der Waals surface area contributed by atoms with E-state index in [0.29, 0.717) is 6.42 Å². The summed E-state index contributed by atoms with van der Waals surface area (Å²) in [5, 5.41) is 0. The summed E-state index contributed by atoms with van der Waals surface area (Å²) in [5.41, 5.74) is 5.42. The first kappa shape index (κ1) is 92.2. The first-order valence-electron chi connectivity index (χ1n) is 42.0. The standard InChI is InChI=1S/C84H162NO8P/c1-3-5-7-9-11-13-15-17-19-21-23-25-27-29-31-33-35-37-38-39-40-41-42-43-45-46-48-50-52-54-56-58-60-62-64-66-68-70-72-74-76-83(86)90-80-82(81-92-94(88,89)91-79-78-85)93-84(87)77-75-73-71-69-67-65-63-61-59-57-55-53-51-49-47-44-36-34-32-30-28-26-24-22-20-18-16-14-12-10-8-6-4-2/h16,18,22,24,28,30,82H,3-15,17,19-21,23,25-27,29,31-81,85H2,1-2H3,(H,88,89)/b18-16-,24-22-,30-28-. The van der Waals surface area contributed by atoms with Crippen LogP contribution in [0.2, 0.25) is 0 Å². The molecule has 0 fully saturated rings. The van der Waals surface area contributed by atoms with Crippen molar-refractivity contribution < 1.29 is 37.6 Å². The Morgan fingerprint density at radius 3 is 0.819 bits per heavy atom. The van der Waals surface area contributed by atoms with Crippen molar-refractivity contribution >= 4 is 19.8 Å². The zero-order chi connectivity index (χ0) is 67.9. The topological polar surface area (TPSA) is 134 Å². The first-order chi connectivity index (χ1) is 46.3. The number of carbonyl (C=O) groups is 2. The van der Waals surface area contributed by atoms with Gasteiger partial charge in [0.15, 0.2) is 6.10 Å². The summed E-state index contributed by atoms with van der Waals surface area (Å²) in [6, 6.07) is 0. The smallest absolute Gasteiger partial charge is 0.462 e. The SMILES string of the molecule is CCCCCCC/C=C\C/C=C\C/C=C\CCCCCCCCCCCCCCCCCCCCC(=O)OC(COC(=O)CCCCCCCCCCCCCCCCCCCCCCCCCCCCCCCCCCCCCCCCCC)COP(=O)(O)OCCN. The van der Waals surface area contributed by atoms with Crippen molar-refractivity contribution in [1.82, 2.24) is 0 Å². The van der Waals surface area contributed by atoms with Gasteiger partial charge in [0.2, 0.25) is 0 Å². The summed E-state index contributed by atoms with van der Waals surface area (Å²) < 4.78 is 33.3. The third kappa shape index (κ3) is 79.2. The minimum Gasteiger partial charge on any atom is -0.462 e. The van der Waals surface area contributed by atoms with Gasteiger partial charge in [-0.25, -0.2) is 4.57 Å². The van der Waals surface area contributed by atoms with E-state index >= 15 is 0 Å². The van der Waals surface area contributed by atoms with Gasteiger partial charge in [0.25, 0.3) is 0 Å². The molecule has 0 saturated heterocycles. The van der Waals surface area contributed by atoms with Crippen molar-refractivity contribution in [2.24, 2.45) is 5.73 Å². The molecule has 9 nitrogen and oxygen atoms in total. The van der Waals surface area contributed by atoms with Gasteiger partial charge < -0.3 is 20.1 Å². The molecule has 0 radical (unpaired) electrons. The summed E-state index contributed by atoms with van der Waals surface area (Å²) in [5.74, 6) is -0.801. The number of hydrogen-bond acceptors (Lipinski definition) is 8. The fourth-order valence-electron chi connectivity index (χ4n) is 13.1. The molecule has 0 rings (SSSR count). The Morgan fingerprint density at radius 2 is 0.553 bits per heavy atom. The summed E-state index contributed by atoms with van der Waals surface area (Å²) in [6.07, 6.45) is 103. The monoisotopic (exact) mass is 1340 g/mol. The van der Waals surface area contributed by atoms with Crippen LogP contribution in [-0.2, 0) is 32.7 Å². The third-order valence-corrected chi connectivity index (χ3v) is 20.3. The molecule has 10 heteroatoms. The number of nitrogens with two attached hydrogens (primary N) is 1. The predicted molar refractivity (Wildman–Crippen MR) is 409 cm³/mol. The molecular formula is C84H162NO8P. The summed E-state index contributed by atoms with van der Waals surface area (Å²) in [6.45, 7) is 3.82. The molecule has 0 spiro atoms. The van der Waals surface area contributed by atoms with Gasteiger partial charge in [-0.05, 0) is 51.4 Å². The van der Waals surface area contributed by atoms with Gasteiger partial charge in [0, 0.05) is 19.4 Å². The summed E-state index contributed by atoms with van der Waals surface area (Å²) in [7, 11) is -4.39. The van der Waals surface area contributed by atoms with Crippen molar-refractivity contribution in [1.29, 1.82) is 0 Å². The lowest BCUT2D eigenvalue weighted by Crippen LogP contribution is -2.29. The molecule has 94 heavy (non-hydrogen) atoms. The summed E-state index contributed by atoms with van der Waals surface area (Å²) in [4.78, 5) is 35.5. The van der Waals surface area contributed by atoms with E-state index in [1.54, 1.807) is 0 Å². The molecule has 0 aliphatic carbocycles. The van der Waals surface area contributed by atoms with Gasteiger partial charge in [-0.3, -0.25) is 18.6 Å². The van der Waals surface area contributed by atoms with Gasteiger partial charge in [0.1, 0.15) is 6.61 Å². The number of ether oxygens (including phenoxy) is 2.